The van der Waals surface area contributed by atoms with E-state index in [4.69, 9.17) is 5.73 Å². The highest BCUT2D eigenvalue weighted by atomic mass is 32.2. The van der Waals surface area contributed by atoms with Crippen molar-refractivity contribution in [2.24, 2.45) is 17.6 Å². The van der Waals surface area contributed by atoms with Gasteiger partial charge < -0.3 is 31.5 Å². The molecule has 0 bridgehead atoms. The Hall–Kier alpha value is -4.53. The molecule has 5 rings (SSSR count). The number of hydrogen-bond acceptors (Lipinski definition) is 11. The number of hydrogen-bond donors (Lipinski definition) is 6. The number of aliphatic hydroxyl groups is 3. The van der Waals surface area contributed by atoms with Gasteiger partial charge in [0.15, 0.2) is 21.2 Å². The maximum Gasteiger partial charge on any atom is 0.255 e. The molecule has 0 saturated heterocycles. The quantitative estimate of drug-likeness (QED) is 0.193. The van der Waals surface area contributed by atoms with Crippen molar-refractivity contribution in [3.8, 4) is 5.75 Å². The zero-order valence-corrected chi connectivity index (χ0v) is 23.9. The molecule has 2 unspecified atom stereocenters. The number of nitrogens with one attached hydrogen (secondary N) is 1. The van der Waals surface area contributed by atoms with E-state index in [0.717, 1.165) is 0 Å². The number of primary amides is 1. The number of phenolic OH excluding ortho intramolecular Hbond substituents is 1. The second-order valence-corrected chi connectivity index (χ2v) is 13.1. The van der Waals surface area contributed by atoms with Gasteiger partial charge in [-0.05, 0) is 56.6 Å². The largest absolute Gasteiger partial charge is 0.508 e. The fourth-order valence-electron chi connectivity index (χ4n) is 6.39. The van der Waals surface area contributed by atoms with Crippen LogP contribution in [-0.4, -0.2) is 88.6 Å². The van der Waals surface area contributed by atoms with Crippen LogP contribution < -0.4 is 11.1 Å². The second kappa shape index (κ2) is 10.3. The minimum absolute atomic E-state index is 0.0671. The number of ketones is 2. The smallest absolute Gasteiger partial charge is 0.255 e. The summed E-state index contributed by atoms with van der Waals surface area (Å²) in [6.45, 7) is 0. The number of anilines is 1. The molecule has 0 spiro atoms. The number of aromatic hydroxyl groups is 1. The van der Waals surface area contributed by atoms with Gasteiger partial charge in [0.2, 0.25) is 11.7 Å². The predicted octanol–water partition coefficient (Wildman–Crippen LogP) is 0.376. The highest BCUT2D eigenvalue weighted by molar-refractivity contribution is 7.92. The average Bonchev–Trinajstić information content (AvgIpc) is 2.92. The van der Waals surface area contributed by atoms with Crippen LogP contribution in [0.2, 0.25) is 0 Å². The number of aliphatic hydroxyl groups excluding tert-OH is 2. The van der Waals surface area contributed by atoms with E-state index in [0.29, 0.717) is 5.56 Å². The van der Waals surface area contributed by atoms with Gasteiger partial charge in [-0.2, -0.15) is 0 Å². The summed E-state index contributed by atoms with van der Waals surface area (Å²) in [5.41, 5.74) is 1.17. The first-order valence-corrected chi connectivity index (χ1v) is 14.8. The van der Waals surface area contributed by atoms with Crippen LogP contribution in [0.4, 0.5) is 5.69 Å². The van der Waals surface area contributed by atoms with Crippen LogP contribution >= 0.6 is 0 Å². The minimum atomic E-state index is -4.01. The summed E-state index contributed by atoms with van der Waals surface area (Å²) in [5, 5.41) is 47.2. The van der Waals surface area contributed by atoms with Crippen molar-refractivity contribution in [3.05, 3.63) is 70.5 Å². The first-order chi connectivity index (χ1) is 20.1. The third kappa shape index (κ3) is 4.58. The molecular formula is C29H29N3O10S. The molecule has 0 aromatic heterocycles. The Morgan fingerprint density at radius 3 is 2.33 bits per heavy atom. The third-order valence-corrected chi connectivity index (χ3v) is 9.92. The van der Waals surface area contributed by atoms with Gasteiger partial charge in [-0.1, -0.05) is 24.3 Å². The molecule has 0 radical (unpaired) electrons. The molecule has 2 aromatic carbocycles. The standard InChI is InChI=1S/C29H29N3O10S/c1-32(2)22-16-11-14-10-13-8-9-17(31-18(33)12-43(41,42)15-6-4-3-5-7-15)23(34)19(13)24(35)20(14)26(37)29(16,40)27(38)21(25(22)36)28(30)39/h3-9,14,16,22,34-35,38,40H,10-12H2,1-2H3,(H2,30,39)(H,31,33)/t14?,16?,22-,29-/m0/s1. The summed E-state index contributed by atoms with van der Waals surface area (Å²) < 4.78 is 25.2. The number of amides is 2. The number of carbonyl (C=O) groups excluding carboxylic acids is 4. The topological polar surface area (TPSA) is 225 Å². The monoisotopic (exact) mass is 611 g/mol. The number of phenols is 1. The molecule has 2 aromatic rings. The molecule has 7 N–H and O–H groups in total. The molecule has 43 heavy (non-hydrogen) atoms. The van der Waals surface area contributed by atoms with Crippen molar-refractivity contribution in [1.29, 1.82) is 0 Å². The van der Waals surface area contributed by atoms with Crippen LogP contribution in [0.25, 0.3) is 5.76 Å². The summed E-state index contributed by atoms with van der Waals surface area (Å²) in [4.78, 5) is 53.1. The number of benzene rings is 2. The van der Waals surface area contributed by atoms with Crippen LogP contribution in [0.1, 0.15) is 17.5 Å². The lowest BCUT2D eigenvalue weighted by Gasteiger charge is -2.50. The maximum absolute atomic E-state index is 13.9. The molecule has 1 fully saturated rings. The number of nitrogens with zero attached hydrogens (tertiary/aromatic N) is 1. The number of fused-ring (bicyclic) bond motifs is 3. The highest BCUT2D eigenvalue weighted by Crippen LogP contribution is 2.53. The first-order valence-electron chi connectivity index (χ1n) is 13.2. The minimum Gasteiger partial charge on any atom is -0.508 e. The van der Waals surface area contributed by atoms with E-state index in [9.17, 15) is 48.0 Å². The van der Waals surface area contributed by atoms with Crippen molar-refractivity contribution in [2.75, 3.05) is 25.2 Å². The average molecular weight is 612 g/mol. The van der Waals surface area contributed by atoms with Crippen molar-refractivity contribution in [1.82, 2.24) is 4.90 Å². The Bertz CT molecular complexity index is 1760. The van der Waals surface area contributed by atoms with E-state index in [1.165, 1.54) is 55.4 Å². The zero-order valence-electron chi connectivity index (χ0n) is 23.1. The van der Waals surface area contributed by atoms with E-state index in [-0.39, 0.29) is 34.6 Å². The van der Waals surface area contributed by atoms with Gasteiger partial charge in [-0.15, -0.1) is 0 Å². The van der Waals surface area contributed by atoms with E-state index < -0.39 is 85.3 Å². The van der Waals surface area contributed by atoms with Gasteiger partial charge in [0.1, 0.15) is 28.6 Å². The summed E-state index contributed by atoms with van der Waals surface area (Å²) in [6.07, 6.45) is 0.00106. The van der Waals surface area contributed by atoms with Crippen LogP contribution in [0, 0.1) is 11.8 Å². The van der Waals surface area contributed by atoms with E-state index in [2.05, 4.69) is 5.32 Å². The zero-order chi connectivity index (χ0) is 31.6. The molecule has 3 aliphatic rings. The molecular weight excluding hydrogens is 582 g/mol. The van der Waals surface area contributed by atoms with E-state index >= 15 is 0 Å². The predicted molar refractivity (Wildman–Crippen MR) is 151 cm³/mol. The Balaban J connectivity index is 1.54. The molecule has 0 heterocycles. The van der Waals surface area contributed by atoms with Crippen LogP contribution in [0.15, 0.2) is 64.3 Å². The van der Waals surface area contributed by atoms with Crippen LogP contribution in [0.3, 0.4) is 0 Å². The lowest BCUT2D eigenvalue weighted by molar-refractivity contribution is -0.153. The molecule has 0 aliphatic heterocycles. The van der Waals surface area contributed by atoms with Gasteiger partial charge in [0.25, 0.3) is 5.91 Å². The van der Waals surface area contributed by atoms with Crippen molar-refractivity contribution in [3.63, 3.8) is 0 Å². The number of Topliss-reactive ketones (excluding diaryl/α,β-unsaturated/α-hetero) is 2. The van der Waals surface area contributed by atoms with Gasteiger partial charge in [-0.3, -0.25) is 24.1 Å². The SMILES string of the molecule is CN(C)[C@@H]1C(=O)C(C(N)=O)=C(O)[C@@]2(O)C(=O)C3=C(O)c4c(ccc(NC(=O)CS(=O)(=O)c5ccccc5)c4O)CC3CC12. The van der Waals surface area contributed by atoms with Gasteiger partial charge in [0.05, 0.1) is 22.2 Å². The fraction of sp³-hybridized carbons (Fsp3) is 0.310. The molecule has 13 nitrogen and oxygen atoms in total. The Labute approximate surface area is 245 Å². The number of likely N-dealkylation sites (N-methyl/N-ethyl adjacent to an activating group) is 1. The normalized spacial score (nSPS) is 25.3. The molecule has 14 heteroatoms. The Kier molecular flexibility index (Phi) is 7.19. The maximum atomic E-state index is 13.9. The molecule has 2 amide bonds. The number of nitrogens with two attached hydrogens (primary N) is 1. The van der Waals surface area contributed by atoms with Crippen molar-refractivity contribution in [2.45, 2.75) is 29.4 Å². The van der Waals surface area contributed by atoms with Crippen molar-refractivity contribution >= 4 is 44.7 Å². The van der Waals surface area contributed by atoms with Crippen LogP contribution in [-0.2, 0) is 35.4 Å². The number of rotatable bonds is 6. The molecule has 226 valence electrons. The summed E-state index contributed by atoms with van der Waals surface area (Å²) in [7, 11) is -0.993. The Morgan fingerprint density at radius 1 is 1.07 bits per heavy atom. The summed E-state index contributed by atoms with van der Waals surface area (Å²) >= 11 is 0. The third-order valence-electron chi connectivity index (χ3n) is 8.29. The van der Waals surface area contributed by atoms with Gasteiger partial charge in [-0.25, -0.2) is 8.42 Å². The van der Waals surface area contributed by atoms with Gasteiger partial charge in [0, 0.05) is 11.5 Å². The second-order valence-electron chi connectivity index (χ2n) is 11.1. The van der Waals surface area contributed by atoms with Gasteiger partial charge >= 0.3 is 0 Å². The summed E-state index contributed by atoms with van der Waals surface area (Å²) in [6, 6.07) is 8.90. The van der Waals surface area contributed by atoms with Crippen molar-refractivity contribution < 1.29 is 48.0 Å². The lowest BCUT2D eigenvalue weighted by Crippen LogP contribution is -2.65. The molecule has 1 saturated carbocycles. The first kappa shape index (κ1) is 29.9. The van der Waals surface area contributed by atoms with E-state index in [1.807, 2.05) is 0 Å². The number of sulfone groups is 1. The van der Waals surface area contributed by atoms with Crippen LogP contribution in [0.5, 0.6) is 5.75 Å². The van der Waals surface area contributed by atoms with E-state index in [1.54, 1.807) is 6.07 Å². The molecule has 3 aliphatic carbocycles. The summed E-state index contributed by atoms with van der Waals surface area (Å²) in [5.74, 6) is -9.81. The lowest BCUT2D eigenvalue weighted by atomic mass is 9.57. The highest BCUT2D eigenvalue weighted by Gasteiger charge is 2.64. The Morgan fingerprint density at radius 2 is 1.72 bits per heavy atom. The molecule has 4 atom stereocenters. The number of carbonyl (C=O) groups is 4. The fourth-order valence-corrected chi connectivity index (χ4v) is 7.55.